The van der Waals surface area contributed by atoms with Gasteiger partial charge < -0.3 is 18.9 Å². The van der Waals surface area contributed by atoms with E-state index >= 15 is 0 Å². The average molecular weight is 454 g/mol. The van der Waals surface area contributed by atoms with Gasteiger partial charge in [-0.05, 0) is 66.6 Å². The van der Waals surface area contributed by atoms with Crippen LogP contribution in [0.3, 0.4) is 0 Å². The normalized spacial score (nSPS) is 17.5. The molecule has 1 fully saturated rings. The summed E-state index contributed by atoms with van der Waals surface area (Å²) in [5.74, 6) is 2.33. The summed E-state index contributed by atoms with van der Waals surface area (Å²) < 4.78 is 22.1. The molecule has 0 saturated carbocycles. The number of aryl methyl sites for hydroxylation is 1. The fourth-order valence-electron chi connectivity index (χ4n) is 3.76. The van der Waals surface area contributed by atoms with Crippen LogP contribution in [-0.4, -0.2) is 33.3 Å². The smallest absolute Gasteiger partial charge is 0.271 e. The number of hydrogen-bond donors (Lipinski definition) is 0. The lowest BCUT2D eigenvalue weighted by atomic mass is 9.89. The summed E-state index contributed by atoms with van der Waals surface area (Å²) in [4.78, 5) is 14.9. The summed E-state index contributed by atoms with van der Waals surface area (Å²) >= 11 is 6.34. The van der Waals surface area contributed by atoms with Crippen LogP contribution in [-0.2, 0) is 4.79 Å². The molecule has 0 radical (unpaired) electrons. The van der Waals surface area contributed by atoms with Gasteiger partial charge in [0.05, 0.1) is 21.3 Å². The Morgan fingerprint density at radius 1 is 0.812 bits per heavy atom. The number of ether oxygens (including phenoxy) is 4. The number of carbonyl (C=O) groups is 1. The van der Waals surface area contributed by atoms with Crippen molar-refractivity contribution < 1.29 is 23.7 Å². The zero-order valence-electron chi connectivity index (χ0n) is 18.3. The molecule has 4 rings (SSSR count). The second-order valence-corrected chi connectivity index (χ2v) is 7.82. The predicted octanol–water partition coefficient (Wildman–Crippen LogP) is 5.21. The highest BCUT2D eigenvalue weighted by Crippen LogP contribution is 2.44. The van der Waals surface area contributed by atoms with Crippen molar-refractivity contribution >= 4 is 23.2 Å². The number of nitrogens with zero attached hydrogens (tertiary/aromatic N) is 1. The number of halogens is 1. The lowest BCUT2D eigenvalue weighted by Crippen LogP contribution is -2.61. The van der Waals surface area contributed by atoms with Crippen molar-refractivity contribution in [1.82, 2.24) is 0 Å². The van der Waals surface area contributed by atoms with Crippen molar-refractivity contribution in [3.8, 4) is 23.0 Å². The van der Waals surface area contributed by atoms with Gasteiger partial charge in [0.15, 0.2) is 11.5 Å². The predicted molar refractivity (Wildman–Crippen MR) is 123 cm³/mol. The first-order chi connectivity index (χ1) is 15.5. The van der Waals surface area contributed by atoms with Crippen LogP contribution in [0.15, 0.2) is 60.7 Å². The summed E-state index contributed by atoms with van der Waals surface area (Å²) in [7, 11) is 4.76. The highest BCUT2D eigenvalue weighted by atomic mass is 35.5. The van der Waals surface area contributed by atoms with Gasteiger partial charge in [0, 0.05) is 10.7 Å². The minimum Gasteiger partial charge on any atom is -0.497 e. The van der Waals surface area contributed by atoms with Crippen molar-refractivity contribution in [1.29, 1.82) is 0 Å². The molecule has 6 nitrogen and oxygen atoms in total. The van der Waals surface area contributed by atoms with Gasteiger partial charge in [0.1, 0.15) is 17.5 Å². The molecule has 3 aromatic rings. The van der Waals surface area contributed by atoms with Crippen molar-refractivity contribution in [2.24, 2.45) is 0 Å². The average Bonchev–Trinajstić information content (AvgIpc) is 2.82. The highest BCUT2D eigenvalue weighted by molar-refractivity contribution is 6.31. The quantitative estimate of drug-likeness (QED) is 0.460. The van der Waals surface area contributed by atoms with Crippen LogP contribution in [0.25, 0.3) is 0 Å². The molecule has 0 unspecified atom stereocenters. The van der Waals surface area contributed by atoms with Gasteiger partial charge in [-0.25, -0.2) is 0 Å². The number of benzene rings is 3. The zero-order chi connectivity index (χ0) is 22.8. The summed E-state index contributed by atoms with van der Waals surface area (Å²) in [5.41, 5.74) is 2.51. The standard InChI is InChI=1S/C25H24ClNO5/c1-15-5-7-17(14-20(15)26)27-23(16-6-12-21(30-3)22(13-16)31-4)24(25(27)28)32-19-10-8-18(29-2)9-11-19/h5-14,23-24H,1-4H3/t23-,24+/m0/s1. The number of rotatable bonds is 7. The Morgan fingerprint density at radius 2 is 1.50 bits per heavy atom. The summed E-state index contributed by atoms with van der Waals surface area (Å²) in [6, 6.07) is 17.9. The molecule has 1 aliphatic rings. The Balaban J connectivity index is 1.72. The van der Waals surface area contributed by atoms with Crippen molar-refractivity contribution in [2.45, 2.75) is 19.1 Å². The zero-order valence-corrected chi connectivity index (χ0v) is 19.1. The third-order valence-electron chi connectivity index (χ3n) is 5.55. The van der Waals surface area contributed by atoms with Gasteiger partial charge in [-0.1, -0.05) is 23.7 Å². The van der Waals surface area contributed by atoms with E-state index in [-0.39, 0.29) is 11.9 Å². The Morgan fingerprint density at radius 3 is 2.12 bits per heavy atom. The molecular weight excluding hydrogens is 430 g/mol. The van der Waals surface area contributed by atoms with Gasteiger partial charge in [-0.2, -0.15) is 0 Å². The Kier molecular flexibility index (Phi) is 6.15. The minimum absolute atomic E-state index is 0.152. The molecule has 1 saturated heterocycles. The van der Waals surface area contributed by atoms with Crippen LogP contribution in [0.2, 0.25) is 5.02 Å². The molecule has 32 heavy (non-hydrogen) atoms. The number of carbonyl (C=O) groups excluding carboxylic acids is 1. The molecule has 0 N–H and O–H groups in total. The lowest BCUT2D eigenvalue weighted by molar-refractivity contribution is -0.135. The van der Waals surface area contributed by atoms with E-state index in [0.717, 1.165) is 11.1 Å². The van der Waals surface area contributed by atoms with E-state index in [0.29, 0.717) is 33.7 Å². The maximum Gasteiger partial charge on any atom is 0.271 e. The molecule has 7 heteroatoms. The fraction of sp³-hybridized carbons (Fsp3) is 0.240. The van der Waals surface area contributed by atoms with Gasteiger partial charge in [0.25, 0.3) is 5.91 Å². The Bertz CT molecular complexity index is 1130. The molecule has 3 aromatic carbocycles. The Labute approximate surface area is 192 Å². The van der Waals surface area contributed by atoms with E-state index in [1.807, 2.05) is 37.3 Å². The van der Waals surface area contributed by atoms with Crippen LogP contribution in [0.1, 0.15) is 17.2 Å². The monoisotopic (exact) mass is 453 g/mol. The molecule has 1 aliphatic heterocycles. The van der Waals surface area contributed by atoms with E-state index < -0.39 is 6.10 Å². The SMILES string of the molecule is COc1ccc(O[C@H]2C(=O)N(c3ccc(C)c(Cl)c3)[C@H]2c2ccc(OC)c(OC)c2)cc1. The van der Waals surface area contributed by atoms with Gasteiger partial charge >= 0.3 is 0 Å². The first-order valence-electron chi connectivity index (χ1n) is 10.1. The van der Waals surface area contributed by atoms with E-state index in [9.17, 15) is 4.79 Å². The summed E-state index contributed by atoms with van der Waals surface area (Å²) in [5, 5.41) is 0.598. The van der Waals surface area contributed by atoms with E-state index in [1.54, 1.807) is 56.6 Å². The maximum atomic E-state index is 13.2. The van der Waals surface area contributed by atoms with Crippen LogP contribution in [0.5, 0.6) is 23.0 Å². The molecular formula is C25H24ClNO5. The number of β-lactam (4-membered cyclic amide) rings is 1. The maximum absolute atomic E-state index is 13.2. The summed E-state index contributed by atoms with van der Waals surface area (Å²) in [6.07, 6.45) is -0.707. The molecule has 0 bridgehead atoms. The molecule has 1 amide bonds. The summed E-state index contributed by atoms with van der Waals surface area (Å²) in [6.45, 7) is 1.92. The first-order valence-corrected chi connectivity index (χ1v) is 10.5. The largest absolute Gasteiger partial charge is 0.497 e. The van der Waals surface area contributed by atoms with Crippen molar-refractivity contribution in [2.75, 3.05) is 26.2 Å². The van der Waals surface area contributed by atoms with Crippen LogP contribution >= 0.6 is 11.6 Å². The number of anilines is 1. The highest BCUT2D eigenvalue weighted by Gasteiger charge is 2.51. The van der Waals surface area contributed by atoms with E-state index in [4.69, 9.17) is 30.5 Å². The van der Waals surface area contributed by atoms with E-state index in [1.165, 1.54) is 0 Å². The van der Waals surface area contributed by atoms with Gasteiger partial charge in [-0.3, -0.25) is 9.69 Å². The molecule has 166 valence electrons. The first kappa shape index (κ1) is 21.8. The van der Waals surface area contributed by atoms with Crippen LogP contribution < -0.4 is 23.8 Å². The number of hydrogen-bond acceptors (Lipinski definition) is 5. The number of methoxy groups -OCH3 is 3. The molecule has 0 aromatic heterocycles. The number of amides is 1. The molecule has 1 heterocycles. The minimum atomic E-state index is -0.707. The molecule has 0 spiro atoms. The third kappa shape index (κ3) is 3.94. The van der Waals surface area contributed by atoms with Crippen molar-refractivity contribution in [3.05, 3.63) is 76.8 Å². The van der Waals surface area contributed by atoms with Crippen LogP contribution in [0, 0.1) is 6.92 Å². The van der Waals surface area contributed by atoms with Gasteiger partial charge in [0.2, 0.25) is 6.10 Å². The van der Waals surface area contributed by atoms with E-state index in [2.05, 4.69) is 0 Å². The van der Waals surface area contributed by atoms with Crippen molar-refractivity contribution in [3.63, 3.8) is 0 Å². The van der Waals surface area contributed by atoms with Crippen LogP contribution in [0.4, 0.5) is 5.69 Å². The second-order valence-electron chi connectivity index (χ2n) is 7.41. The topological polar surface area (TPSA) is 57.2 Å². The van der Waals surface area contributed by atoms with Gasteiger partial charge in [-0.15, -0.1) is 0 Å². The second kappa shape index (κ2) is 9.01. The lowest BCUT2D eigenvalue weighted by Gasteiger charge is -2.46. The third-order valence-corrected chi connectivity index (χ3v) is 5.96. The fourth-order valence-corrected chi connectivity index (χ4v) is 3.93. The molecule has 0 aliphatic carbocycles. The Hall–Kier alpha value is -3.38. The molecule has 2 atom stereocenters.